The van der Waals surface area contributed by atoms with Gasteiger partial charge in [-0.05, 0) is 39.7 Å². The number of ether oxygens (including phenoxy) is 2. The Labute approximate surface area is 120 Å². The number of aliphatic hydroxyl groups excluding tert-OH is 1. The van der Waals surface area contributed by atoms with E-state index in [1.807, 2.05) is 13.8 Å². The van der Waals surface area contributed by atoms with Gasteiger partial charge in [0.15, 0.2) is 5.79 Å². The van der Waals surface area contributed by atoms with E-state index in [-0.39, 0.29) is 18.3 Å². The van der Waals surface area contributed by atoms with Gasteiger partial charge in [0.2, 0.25) is 0 Å². The minimum Gasteiger partial charge on any atom is -0.478 e. The lowest BCUT2D eigenvalue weighted by molar-refractivity contribution is -0.143. The molecule has 116 valence electrons. The van der Waals surface area contributed by atoms with Crippen LogP contribution in [0.15, 0.2) is 12.2 Å². The highest BCUT2D eigenvalue weighted by Crippen LogP contribution is 2.31. The number of unbranched alkanes of at least 4 members (excludes halogenated alkanes) is 2. The molecule has 5 heteroatoms. The van der Waals surface area contributed by atoms with E-state index >= 15 is 0 Å². The molecule has 0 bridgehead atoms. The molecule has 0 aromatic carbocycles. The smallest absolute Gasteiger partial charge is 0.328 e. The van der Waals surface area contributed by atoms with Crippen LogP contribution in [0.4, 0.5) is 0 Å². The predicted octanol–water partition coefficient (Wildman–Crippen LogP) is 2.48. The zero-order valence-electron chi connectivity index (χ0n) is 12.5. The maximum absolute atomic E-state index is 10.6. The minimum atomic E-state index is -0.978. The van der Waals surface area contributed by atoms with Gasteiger partial charge in [0.1, 0.15) is 6.10 Å². The lowest BCUT2D eigenvalue weighted by Crippen LogP contribution is -2.21. The zero-order valence-corrected chi connectivity index (χ0v) is 12.5. The number of hydrogen-bond donors (Lipinski definition) is 2. The lowest BCUT2D eigenvalue weighted by atomic mass is 10.0. The first-order chi connectivity index (χ1) is 9.30. The molecule has 20 heavy (non-hydrogen) atoms. The van der Waals surface area contributed by atoms with Crippen LogP contribution in [0, 0.1) is 0 Å². The standard InChI is InChI=1S/C15H26O5/c1-11(16)7-5-4-6-8-12-13(9-10-14(17)18)20-15(2,3)19-12/h9-13,16H,4-8H2,1-3H3,(H,17,18)/b10-9+/t11-,12+,13-/m0/s1. The van der Waals surface area contributed by atoms with Gasteiger partial charge >= 0.3 is 5.97 Å². The molecule has 0 radical (unpaired) electrons. The highest BCUT2D eigenvalue weighted by atomic mass is 16.7. The molecule has 5 nitrogen and oxygen atoms in total. The largest absolute Gasteiger partial charge is 0.478 e. The monoisotopic (exact) mass is 286 g/mol. The summed E-state index contributed by atoms with van der Waals surface area (Å²) in [4.78, 5) is 10.6. The van der Waals surface area contributed by atoms with Gasteiger partial charge in [-0.3, -0.25) is 0 Å². The Bertz CT molecular complexity index is 335. The minimum absolute atomic E-state index is 0.104. The molecule has 1 heterocycles. The van der Waals surface area contributed by atoms with Crippen LogP contribution >= 0.6 is 0 Å². The molecule has 0 aliphatic carbocycles. The molecule has 1 fully saturated rings. The van der Waals surface area contributed by atoms with Crippen molar-refractivity contribution < 1.29 is 24.5 Å². The fourth-order valence-corrected chi connectivity index (χ4v) is 2.39. The predicted molar refractivity (Wildman–Crippen MR) is 75.4 cm³/mol. The Morgan fingerprint density at radius 1 is 1.30 bits per heavy atom. The van der Waals surface area contributed by atoms with Gasteiger partial charge in [-0.25, -0.2) is 4.79 Å². The number of aliphatic carboxylic acids is 1. The topological polar surface area (TPSA) is 76.0 Å². The van der Waals surface area contributed by atoms with Crippen LogP contribution in [0.1, 0.15) is 52.9 Å². The van der Waals surface area contributed by atoms with Crippen LogP contribution in [-0.2, 0) is 14.3 Å². The van der Waals surface area contributed by atoms with Gasteiger partial charge < -0.3 is 19.7 Å². The molecule has 0 aromatic heterocycles. The van der Waals surface area contributed by atoms with Crippen molar-refractivity contribution >= 4 is 5.97 Å². The summed E-state index contributed by atoms with van der Waals surface area (Å²) in [5.41, 5.74) is 0. The fraction of sp³-hybridized carbons (Fsp3) is 0.800. The fourth-order valence-electron chi connectivity index (χ4n) is 2.39. The Morgan fingerprint density at radius 2 is 2.00 bits per heavy atom. The van der Waals surface area contributed by atoms with Crippen molar-refractivity contribution in [1.82, 2.24) is 0 Å². The van der Waals surface area contributed by atoms with E-state index in [0.29, 0.717) is 0 Å². The Hall–Kier alpha value is -0.910. The second-order valence-corrected chi connectivity index (χ2v) is 5.82. The molecule has 2 N–H and O–H groups in total. The summed E-state index contributed by atoms with van der Waals surface area (Å²) in [6, 6.07) is 0. The highest BCUT2D eigenvalue weighted by molar-refractivity contribution is 5.79. The van der Waals surface area contributed by atoms with Crippen LogP contribution in [-0.4, -0.2) is 40.3 Å². The lowest BCUT2D eigenvalue weighted by Gasteiger charge is -2.16. The SMILES string of the molecule is C[C@H](O)CCCCC[C@H]1OC(C)(C)O[C@H]1/C=C/C(=O)O. The first kappa shape index (κ1) is 17.1. The van der Waals surface area contributed by atoms with Gasteiger partial charge in [-0.15, -0.1) is 0 Å². The maximum Gasteiger partial charge on any atom is 0.328 e. The van der Waals surface area contributed by atoms with E-state index in [1.165, 1.54) is 0 Å². The average Bonchev–Trinajstić information content (AvgIpc) is 2.60. The van der Waals surface area contributed by atoms with Gasteiger partial charge in [0.25, 0.3) is 0 Å². The molecule has 0 aromatic rings. The van der Waals surface area contributed by atoms with E-state index in [0.717, 1.165) is 38.2 Å². The number of carboxylic acids is 1. The molecule has 0 unspecified atom stereocenters. The summed E-state index contributed by atoms with van der Waals surface area (Å²) in [5, 5.41) is 17.9. The van der Waals surface area contributed by atoms with Crippen LogP contribution in [0.3, 0.4) is 0 Å². The summed E-state index contributed by atoms with van der Waals surface area (Å²) in [6.07, 6.45) is 6.65. The Morgan fingerprint density at radius 3 is 2.60 bits per heavy atom. The summed E-state index contributed by atoms with van der Waals surface area (Å²) in [6.45, 7) is 5.47. The average molecular weight is 286 g/mol. The molecule has 1 aliphatic rings. The molecule has 1 saturated heterocycles. The molecular formula is C15H26O5. The molecule has 0 amide bonds. The van der Waals surface area contributed by atoms with Gasteiger partial charge in [-0.2, -0.15) is 0 Å². The van der Waals surface area contributed by atoms with E-state index < -0.39 is 11.8 Å². The molecule has 3 atom stereocenters. The number of aliphatic hydroxyl groups is 1. The summed E-state index contributed by atoms with van der Waals surface area (Å²) in [7, 11) is 0. The van der Waals surface area contributed by atoms with Crippen molar-refractivity contribution in [2.75, 3.05) is 0 Å². The van der Waals surface area contributed by atoms with E-state index in [2.05, 4.69) is 0 Å². The molecule has 0 saturated carbocycles. The zero-order chi connectivity index (χ0) is 15.2. The van der Waals surface area contributed by atoms with Crippen LogP contribution in [0.2, 0.25) is 0 Å². The van der Waals surface area contributed by atoms with Crippen LogP contribution in [0.5, 0.6) is 0 Å². The second-order valence-electron chi connectivity index (χ2n) is 5.82. The molecule has 0 spiro atoms. The third-order valence-corrected chi connectivity index (χ3v) is 3.26. The van der Waals surface area contributed by atoms with Crippen molar-refractivity contribution in [2.45, 2.75) is 77.0 Å². The van der Waals surface area contributed by atoms with Gasteiger partial charge in [0, 0.05) is 6.08 Å². The van der Waals surface area contributed by atoms with Crippen molar-refractivity contribution in [2.24, 2.45) is 0 Å². The second kappa shape index (κ2) is 7.76. The quantitative estimate of drug-likeness (QED) is 0.529. The van der Waals surface area contributed by atoms with Crippen molar-refractivity contribution in [3.63, 3.8) is 0 Å². The molecular weight excluding hydrogens is 260 g/mol. The van der Waals surface area contributed by atoms with Gasteiger partial charge in [-0.1, -0.05) is 19.3 Å². The first-order valence-electron chi connectivity index (χ1n) is 7.25. The summed E-state index contributed by atoms with van der Waals surface area (Å²) in [5.74, 6) is -1.65. The van der Waals surface area contributed by atoms with Crippen molar-refractivity contribution in [3.8, 4) is 0 Å². The third-order valence-electron chi connectivity index (χ3n) is 3.26. The maximum atomic E-state index is 10.6. The summed E-state index contributed by atoms with van der Waals surface area (Å²) >= 11 is 0. The van der Waals surface area contributed by atoms with Crippen molar-refractivity contribution in [1.29, 1.82) is 0 Å². The van der Waals surface area contributed by atoms with Crippen LogP contribution in [0.25, 0.3) is 0 Å². The number of carboxylic acid groups (broad SMARTS) is 1. The number of rotatable bonds is 8. The van der Waals surface area contributed by atoms with Crippen molar-refractivity contribution in [3.05, 3.63) is 12.2 Å². The number of carbonyl (C=O) groups is 1. The number of hydrogen-bond acceptors (Lipinski definition) is 4. The van der Waals surface area contributed by atoms with E-state index in [9.17, 15) is 9.90 Å². The molecule has 1 aliphatic heterocycles. The summed E-state index contributed by atoms with van der Waals surface area (Å²) < 4.78 is 11.5. The Kier molecular flexibility index (Phi) is 6.65. The highest BCUT2D eigenvalue weighted by Gasteiger charge is 2.39. The molecule has 1 rings (SSSR count). The Balaban J connectivity index is 2.38. The first-order valence-corrected chi connectivity index (χ1v) is 7.25. The van der Waals surface area contributed by atoms with Crippen LogP contribution < -0.4 is 0 Å². The van der Waals surface area contributed by atoms with Gasteiger partial charge in [0.05, 0.1) is 12.2 Å². The van der Waals surface area contributed by atoms with E-state index in [1.54, 1.807) is 13.0 Å². The third kappa shape index (κ3) is 6.50. The van der Waals surface area contributed by atoms with E-state index in [4.69, 9.17) is 14.6 Å². The normalized spacial score (nSPS) is 27.0.